The van der Waals surface area contributed by atoms with E-state index >= 15 is 0 Å². The summed E-state index contributed by atoms with van der Waals surface area (Å²) < 4.78 is 1.69. The van der Waals surface area contributed by atoms with Crippen LogP contribution in [0.25, 0.3) is 10.8 Å². The average Bonchev–Trinajstić information content (AvgIpc) is 2.90. The number of hydrogen-bond acceptors (Lipinski definition) is 7. The molecular formula is C29H29N7O. The first-order valence-corrected chi connectivity index (χ1v) is 12.1. The SMILES string of the molecule is Cc1cc2c(N)nccc2c(C)c1CNc1cc(NCc2ccc(Cn3ccccc3=O)cc2)cnn1. The summed E-state index contributed by atoms with van der Waals surface area (Å²) in [7, 11) is 0. The fourth-order valence-electron chi connectivity index (χ4n) is 4.49. The number of aromatic nitrogens is 4. The quantitative estimate of drug-likeness (QED) is 0.290. The molecule has 0 atom stereocenters. The Labute approximate surface area is 215 Å². The lowest BCUT2D eigenvalue weighted by atomic mass is 9.96. The van der Waals surface area contributed by atoms with Gasteiger partial charge in [-0.15, -0.1) is 5.10 Å². The summed E-state index contributed by atoms with van der Waals surface area (Å²) in [6, 6.07) is 19.5. The van der Waals surface area contributed by atoms with Crippen LogP contribution in [0.5, 0.6) is 0 Å². The third kappa shape index (κ3) is 5.43. The van der Waals surface area contributed by atoms with Crippen molar-refractivity contribution in [2.45, 2.75) is 33.5 Å². The highest BCUT2D eigenvalue weighted by Gasteiger charge is 2.10. The predicted molar refractivity (Wildman–Crippen MR) is 149 cm³/mol. The minimum atomic E-state index is -0.00391. The monoisotopic (exact) mass is 491 g/mol. The van der Waals surface area contributed by atoms with Gasteiger partial charge in [0.25, 0.3) is 5.56 Å². The van der Waals surface area contributed by atoms with Crippen LogP contribution in [-0.2, 0) is 19.6 Å². The Balaban J connectivity index is 1.22. The van der Waals surface area contributed by atoms with Gasteiger partial charge in [0, 0.05) is 43.0 Å². The highest BCUT2D eigenvalue weighted by molar-refractivity contribution is 5.94. The van der Waals surface area contributed by atoms with Gasteiger partial charge in [0.15, 0.2) is 5.82 Å². The molecule has 0 unspecified atom stereocenters. The molecule has 0 aliphatic heterocycles. The number of nitrogens with two attached hydrogens (primary N) is 1. The van der Waals surface area contributed by atoms with Crippen LogP contribution in [0.15, 0.2) is 84.0 Å². The van der Waals surface area contributed by atoms with Crippen molar-refractivity contribution >= 4 is 28.1 Å². The maximum absolute atomic E-state index is 11.9. The van der Waals surface area contributed by atoms with Gasteiger partial charge >= 0.3 is 0 Å². The van der Waals surface area contributed by atoms with Crippen LogP contribution in [0.2, 0.25) is 0 Å². The molecule has 37 heavy (non-hydrogen) atoms. The highest BCUT2D eigenvalue weighted by Crippen LogP contribution is 2.28. The van der Waals surface area contributed by atoms with E-state index in [9.17, 15) is 4.79 Å². The van der Waals surface area contributed by atoms with Crippen molar-refractivity contribution in [1.29, 1.82) is 0 Å². The third-order valence-corrected chi connectivity index (χ3v) is 6.59. The summed E-state index contributed by atoms with van der Waals surface area (Å²) in [6.07, 6.45) is 5.26. The van der Waals surface area contributed by atoms with Gasteiger partial charge in [-0.3, -0.25) is 4.79 Å². The van der Waals surface area contributed by atoms with Crippen molar-refractivity contribution in [3.05, 3.63) is 117 Å². The van der Waals surface area contributed by atoms with Gasteiger partial charge in [0.2, 0.25) is 0 Å². The molecule has 4 N–H and O–H groups in total. The number of nitrogens with zero attached hydrogens (tertiary/aromatic N) is 4. The minimum absolute atomic E-state index is 0.00391. The molecule has 0 spiro atoms. The highest BCUT2D eigenvalue weighted by atomic mass is 16.1. The summed E-state index contributed by atoms with van der Waals surface area (Å²) in [6.45, 7) is 6.02. The number of aryl methyl sites for hydroxylation is 2. The first kappa shape index (κ1) is 24.0. The molecule has 2 aromatic carbocycles. The maximum atomic E-state index is 11.9. The fraction of sp³-hybridized carbons (Fsp3) is 0.172. The zero-order valence-corrected chi connectivity index (χ0v) is 20.9. The molecule has 5 aromatic rings. The lowest BCUT2D eigenvalue weighted by Crippen LogP contribution is -2.18. The summed E-state index contributed by atoms with van der Waals surface area (Å²) >= 11 is 0. The van der Waals surface area contributed by atoms with Crippen molar-refractivity contribution < 1.29 is 0 Å². The molecule has 0 bridgehead atoms. The Bertz CT molecular complexity index is 1610. The van der Waals surface area contributed by atoms with Crippen LogP contribution in [0.1, 0.15) is 27.8 Å². The van der Waals surface area contributed by atoms with E-state index < -0.39 is 0 Å². The van der Waals surface area contributed by atoms with Crippen molar-refractivity contribution in [3.63, 3.8) is 0 Å². The van der Waals surface area contributed by atoms with Crippen LogP contribution >= 0.6 is 0 Å². The second-order valence-electron chi connectivity index (χ2n) is 9.11. The van der Waals surface area contributed by atoms with E-state index in [-0.39, 0.29) is 5.56 Å². The summed E-state index contributed by atoms with van der Waals surface area (Å²) in [5.74, 6) is 1.25. The number of nitrogen functional groups attached to an aromatic ring is 1. The van der Waals surface area contributed by atoms with Crippen molar-refractivity contribution in [2.75, 3.05) is 16.4 Å². The van der Waals surface area contributed by atoms with Crippen molar-refractivity contribution in [3.8, 4) is 0 Å². The Morgan fingerprint density at radius 3 is 2.54 bits per heavy atom. The first-order valence-electron chi connectivity index (χ1n) is 12.1. The summed E-state index contributed by atoms with van der Waals surface area (Å²) in [5, 5.41) is 17.3. The molecule has 0 fully saturated rings. The van der Waals surface area contributed by atoms with Gasteiger partial charge in [-0.25, -0.2) is 4.98 Å². The minimum Gasteiger partial charge on any atom is -0.383 e. The number of nitrogens with one attached hydrogen (secondary N) is 2. The molecule has 0 saturated carbocycles. The topological polar surface area (TPSA) is 111 Å². The van der Waals surface area contributed by atoms with Gasteiger partial charge in [-0.05, 0) is 65.3 Å². The number of anilines is 3. The number of benzene rings is 2. The summed E-state index contributed by atoms with van der Waals surface area (Å²) in [4.78, 5) is 16.1. The second-order valence-corrected chi connectivity index (χ2v) is 9.11. The molecule has 0 aliphatic rings. The predicted octanol–water partition coefficient (Wildman–Crippen LogP) is 4.66. The molecule has 186 valence electrons. The first-order chi connectivity index (χ1) is 18.0. The zero-order valence-electron chi connectivity index (χ0n) is 20.9. The maximum Gasteiger partial charge on any atom is 0.250 e. The van der Waals surface area contributed by atoms with Gasteiger partial charge < -0.3 is 20.9 Å². The second kappa shape index (κ2) is 10.5. The van der Waals surface area contributed by atoms with E-state index in [4.69, 9.17) is 5.73 Å². The molecule has 3 heterocycles. The normalized spacial score (nSPS) is 11.0. The number of hydrogen-bond donors (Lipinski definition) is 3. The molecule has 8 heteroatoms. The van der Waals surface area contributed by atoms with Gasteiger partial charge in [0.05, 0.1) is 18.4 Å². The largest absolute Gasteiger partial charge is 0.383 e. The Morgan fingerprint density at radius 2 is 1.73 bits per heavy atom. The smallest absolute Gasteiger partial charge is 0.250 e. The van der Waals surface area contributed by atoms with Crippen LogP contribution in [-0.4, -0.2) is 19.7 Å². The summed E-state index contributed by atoms with van der Waals surface area (Å²) in [5.41, 5.74) is 12.7. The van der Waals surface area contributed by atoms with Crippen LogP contribution < -0.4 is 21.9 Å². The van der Waals surface area contributed by atoms with Crippen LogP contribution in [0.4, 0.5) is 17.3 Å². The Morgan fingerprint density at radius 1 is 0.919 bits per heavy atom. The molecule has 3 aromatic heterocycles. The molecule has 5 rings (SSSR count). The van der Waals surface area contributed by atoms with Gasteiger partial charge in [0.1, 0.15) is 5.82 Å². The van der Waals surface area contributed by atoms with Crippen molar-refractivity contribution in [1.82, 2.24) is 19.7 Å². The zero-order chi connectivity index (χ0) is 25.8. The van der Waals surface area contributed by atoms with E-state index in [1.165, 1.54) is 11.1 Å². The number of rotatable bonds is 8. The third-order valence-electron chi connectivity index (χ3n) is 6.59. The average molecular weight is 492 g/mol. The Hall–Kier alpha value is -4.72. The molecule has 0 amide bonds. The molecule has 0 saturated heterocycles. The van der Waals surface area contributed by atoms with E-state index in [2.05, 4.69) is 57.9 Å². The molecule has 0 aliphatic carbocycles. The lowest BCUT2D eigenvalue weighted by Gasteiger charge is -2.15. The van der Waals surface area contributed by atoms with E-state index in [1.807, 2.05) is 30.3 Å². The van der Waals surface area contributed by atoms with Crippen LogP contribution in [0, 0.1) is 13.8 Å². The molecule has 8 nitrogen and oxygen atoms in total. The van der Waals surface area contributed by atoms with Gasteiger partial charge in [-0.1, -0.05) is 30.3 Å². The van der Waals surface area contributed by atoms with Crippen LogP contribution in [0.3, 0.4) is 0 Å². The number of fused-ring (bicyclic) bond motifs is 1. The number of pyridine rings is 2. The van der Waals surface area contributed by atoms with E-state index in [0.717, 1.165) is 33.2 Å². The standard InChI is InChI=1S/C29H29N7O/c1-19-13-25-24(10-11-31-29(25)30)20(2)26(19)17-33-27-14-23(16-34-35-27)32-15-21-6-8-22(9-7-21)18-36-12-4-3-5-28(36)37/h3-14,16H,15,17-18H2,1-2H3,(H2,30,31)(H2,32,33,35). The van der Waals surface area contributed by atoms with E-state index in [0.29, 0.717) is 31.3 Å². The fourth-order valence-corrected chi connectivity index (χ4v) is 4.49. The van der Waals surface area contributed by atoms with Crippen molar-refractivity contribution in [2.24, 2.45) is 0 Å². The Kier molecular flexibility index (Phi) is 6.81. The molecule has 0 radical (unpaired) electrons. The molecular weight excluding hydrogens is 462 g/mol. The van der Waals surface area contributed by atoms with Gasteiger partial charge in [-0.2, -0.15) is 5.10 Å². The van der Waals surface area contributed by atoms with E-state index in [1.54, 1.807) is 35.3 Å². The lowest BCUT2D eigenvalue weighted by molar-refractivity contribution is 0.759.